The zero-order chi connectivity index (χ0) is 15.6. The van der Waals surface area contributed by atoms with Gasteiger partial charge in [-0.25, -0.2) is 4.39 Å². The number of aromatic nitrogens is 1. The lowest BCUT2D eigenvalue weighted by molar-refractivity contribution is 0.0258. The molecule has 4 nitrogen and oxygen atoms in total. The van der Waals surface area contributed by atoms with Gasteiger partial charge in [-0.2, -0.15) is 0 Å². The van der Waals surface area contributed by atoms with Gasteiger partial charge in [0.1, 0.15) is 17.8 Å². The quantitative estimate of drug-likeness (QED) is 0.735. The molecule has 0 unspecified atom stereocenters. The highest BCUT2D eigenvalue weighted by atomic mass is 19.1. The van der Waals surface area contributed by atoms with Crippen LogP contribution in [0.1, 0.15) is 17.6 Å². The summed E-state index contributed by atoms with van der Waals surface area (Å²) in [6.45, 7) is 2.22. The zero-order valence-electron chi connectivity index (χ0n) is 12.6. The highest BCUT2D eigenvalue weighted by Crippen LogP contribution is 2.29. The van der Waals surface area contributed by atoms with Crippen LogP contribution in [-0.4, -0.2) is 22.6 Å². The van der Waals surface area contributed by atoms with Crippen LogP contribution in [0.25, 0.3) is 5.69 Å². The third-order valence-corrected chi connectivity index (χ3v) is 4.06. The number of para-hydroxylation sites is 1. The molecule has 0 aliphatic carbocycles. The molecule has 1 atom stereocenters. The minimum Gasteiger partial charge on any atom is -0.468 e. The number of hydrogen-bond acceptors (Lipinski definition) is 3. The van der Waals surface area contributed by atoms with Crippen LogP contribution in [0.4, 0.5) is 4.39 Å². The topological polar surface area (TPSA) is 30.5 Å². The largest absolute Gasteiger partial charge is 0.468 e. The molecule has 0 saturated carbocycles. The standard InChI is InChI=1S/C18H17FN2O2/c19-16-5-1-2-6-17(16)20-8-7-14(12-20)18-21(9-11-23-18)13-15-4-3-10-22-15/h1-8,10,12,18H,9,11,13H2/t18-/m0/s1. The van der Waals surface area contributed by atoms with Gasteiger partial charge in [-0.15, -0.1) is 0 Å². The SMILES string of the molecule is Fc1ccccc1-n1ccc([C@@H]2OCCN2Cc2ccco2)c1. The fourth-order valence-corrected chi connectivity index (χ4v) is 2.95. The van der Waals surface area contributed by atoms with Crippen molar-refractivity contribution in [1.29, 1.82) is 0 Å². The van der Waals surface area contributed by atoms with Crippen LogP contribution in [-0.2, 0) is 11.3 Å². The van der Waals surface area contributed by atoms with E-state index in [-0.39, 0.29) is 12.0 Å². The van der Waals surface area contributed by atoms with Crippen molar-refractivity contribution in [3.05, 3.63) is 78.3 Å². The highest BCUT2D eigenvalue weighted by molar-refractivity contribution is 5.35. The minimum absolute atomic E-state index is 0.131. The van der Waals surface area contributed by atoms with Crippen LogP contribution >= 0.6 is 0 Å². The predicted molar refractivity (Wildman–Crippen MR) is 83.5 cm³/mol. The smallest absolute Gasteiger partial charge is 0.147 e. The first-order valence-electron chi connectivity index (χ1n) is 7.62. The molecule has 0 amide bonds. The summed E-state index contributed by atoms with van der Waals surface area (Å²) in [4.78, 5) is 2.21. The number of hydrogen-bond donors (Lipinski definition) is 0. The van der Waals surface area contributed by atoms with Crippen molar-refractivity contribution >= 4 is 0 Å². The van der Waals surface area contributed by atoms with Gasteiger partial charge < -0.3 is 13.7 Å². The molecule has 0 N–H and O–H groups in total. The van der Waals surface area contributed by atoms with Crippen molar-refractivity contribution in [2.45, 2.75) is 12.8 Å². The Labute approximate surface area is 133 Å². The van der Waals surface area contributed by atoms with Crippen molar-refractivity contribution in [3.8, 4) is 5.69 Å². The van der Waals surface area contributed by atoms with Crippen molar-refractivity contribution < 1.29 is 13.5 Å². The molecule has 3 heterocycles. The average Bonchev–Trinajstić information content (AvgIpc) is 3.28. The van der Waals surface area contributed by atoms with Gasteiger partial charge in [0.2, 0.25) is 0 Å². The van der Waals surface area contributed by atoms with Crippen molar-refractivity contribution in [2.75, 3.05) is 13.2 Å². The summed E-state index contributed by atoms with van der Waals surface area (Å²) in [5.41, 5.74) is 1.55. The lowest BCUT2D eigenvalue weighted by Gasteiger charge is -2.21. The van der Waals surface area contributed by atoms with E-state index in [9.17, 15) is 4.39 Å². The van der Waals surface area contributed by atoms with E-state index in [2.05, 4.69) is 4.90 Å². The second-order valence-electron chi connectivity index (χ2n) is 5.58. The summed E-state index contributed by atoms with van der Waals surface area (Å²) >= 11 is 0. The van der Waals surface area contributed by atoms with E-state index in [1.807, 2.05) is 36.7 Å². The van der Waals surface area contributed by atoms with Crippen LogP contribution in [0.3, 0.4) is 0 Å². The van der Waals surface area contributed by atoms with E-state index >= 15 is 0 Å². The molecule has 1 saturated heterocycles. The fraction of sp³-hybridized carbons (Fsp3) is 0.222. The number of halogens is 1. The second-order valence-corrected chi connectivity index (χ2v) is 5.58. The Kier molecular flexibility index (Phi) is 3.73. The molecule has 2 aromatic heterocycles. The van der Waals surface area contributed by atoms with Gasteiger partial charge >= 0.3 is 0 Å². The minimum atomic E-state index is -0.241. The first-order valence-corrected chi connectivity index (χ1v) is 7.62. The summed E-state index contributed by atoms with van der Waals surface area (Å²) in [6.07, 6.45) is 5.33. The molecule has 0 radical (unpaired) electrons. The number of furan rings is 1. The Bertz CT molecular complexity index is 782. The van der Waals surface area contributed by atoms with Crippen molar-refractivity contribution in [3.63, 3.8) is 0 Å². The fourth-order valence-electron chi connectivity index (χ4n) is 2.95. The van der Waals surface area contributed by atoms with Gasteiger partial charge in [0, 0.05) is 24.5 Å². The Balaban J connectivity index is 1.57. The van der Waals surface area contributed by atoms with Gasteiger partial charge in [0.05, 0.1) is 25.1 Å². The highest BCUT2D eigenvalue weighted by Gasteiger charge is 2.28. The van der Waals surface area contributed by atoms with Crippen LogP contribution in [0, 0.1) is 5.82 Å². The molecule has 1 aliphatic heterocycles. The molecule has 1 fully saturated rings. The average molecular weight is 312 g/mol. The Morgan fingerprint density at radius 1 is 1.13 bits per heavy atom. The lowest BCUT2D eigenvalue weighted by atomic mass is 10.2. The maximum Gasteiger partial charge on any atom is 0.147 e. The molecule has 1 aliphatic rings. The van der Waals surface area contributed by atoms with E-state index in [0.717, 1.165) is 17.9 Å². The van der Waals surface area contributed by atoms with Gasteiger partial charge in [0.25, 0.3) is 0 Å². The number of ether oxygens (including phenoxy) is 1. The Morgan fingerprint density at radius 3 is 2.87 bits per heavy atom. The maximum atomic E-state index is 13.9. The van der Waals surface area contributed by atoms with Gasteiger partial charge in [-0.3, -0.25) is 4.90 Å². The first kappa shape index (κ1) is 14.2. The summed E-state index contributed by atoms with van der Waals surface area (Å²) in [5, 5.41) is 0. The maximum absolute atomic E-state index is 13.9. The van der Waals surface area contributed by atoms with E-state index in [1.54, 1.807) is 23.0 Å². The third kappa shape index (κ3) is 2.81. The molecule has 3 aromatic rings. The van der Waals surface area contributed by atoms with Crippen molar-refractivity contribution in [1.82, 2.24) is 9.47 Å². The molecule has 5 heteroatoms. The first-order chi connectivity index (χ1) is 11.3. The molecule has 1 aromatic carbocycles. The second kappa shape index (κ2) is 6.02. The monoisotopic (exact) mass is 312 g/mol. The molecular formula is C18H17FN2O2. The zero-order valence-corrected chi connectivity index (χ0v) is 12.6. The summed E-state index contributed by atoms with van der Waals surface area (Å²) in [7, 11) is 0. The lowest BCUT2D eigenvalue weighted by Crippen LogP contribution is -2.22. The molecular weight excluding hydrogens is 295 g/mol. The van der Waals surface area contributed by atoms with E-state index in [0.29, 0.717) is 18.8 Å². The van der Waals surface area contributed by atoms with Crippen LogP contribution in [0.5, 0.6) is 0 Å². The van der Waals surface area contributed by atoms with E-state index in [1.165, 1.54) is 6.07 Å². The van der Waals surface area contributed by atoms with Crippen LogP contribution in [0.2, 0.25) is 0 Å². The number of benzene rings is 1. The predicted octanol–water partition coefficient (Wildman–Crippen LogP) is 3.74. The van der Waals surface area contributed by atoms with E-state index < -0.39 is 0 Å². The number of rotatable bonds is 4. The molecule has 4 rings (SSSR count). The molecule has 118 valence electrons. The van der Waals surface area contributed by atoms with Gasteiger partial charge in [-0.05, 0) is 30.3 Å². The van der Waals surface area contributed by atoms with Gasteiger partial charge in [0.15, 0.2) is 0 Å². The Hall–Kier alpha value is -2.37. The summed E-state index contributed by atoms with van der Waals surface area (Å²) in [5.74, 6) is 0.670. The summed E-state index contributed by atoms with van der Waals surface area (Å²) < 4.78 is 27.0. The normalized spacial score (nSPS) is 18.6. The Morgan fingerprint density at radius 2 is 2.04 bits per heavy atom. The number of nitrogens with zero attached hydrogens (tertiary/aromatic N) is 2. The van der Waals surface area contributed by atoms with Crippen LogP contribution < -0.4 is 0 Å². The molecule has 0 spiro atoms. The molecule has 0 bridgehead atoms. The van der Waals surface area contributed by atoms with Gasteiger partial charge in [-0.1, -0.05) is 12.1 Å². The molecule has 23 heavy (non-hydrogen) atoms. The van der Waals surface area contributed by atoms with E-state index in [4.69, 9.17) is 9.15 Å². The van der Waals surface area contributed by atoms with Crippen molar-refractivity contribution in [2.24, 2.45) is 0 Å². The third-order valence-electron chi connectivity index (χ3n) is 4.06. The van der Waals surface area contributed by atoms with Crippen LogP contribution in [0.15, 0.2) is 65.5 Å². The summed E-state index contributed by atoms with van der Waals surface area (Å²) in [6, 6.07) is 12.6.